The number of aromatic nitrogens is 2. The van der Waals surface area contributed by atoms with Crippen molar-refractivity contribution in [1.29, 1.82) is 0 Å². The summed E-state index contributed by atoms with van der Waals surface area (Å²) in [4.78, 5) is 4.58. The van der Waals surface area contributed by atoms with Gasteiger partial charge in [-0.15, -0.1) is 0 Å². The second kappa shape index (κ2) is 4.93. The second-order valence-corrected chi connectivity index (χ2v) is 5.43. The summed E-state index contributed by atoms with van der Waals surface area (Å²) >= 11 is 0. The van der Waals surface area contributed by atoms with Crippen LogP contribution in [0.15, 0.2) is 18.2 Å². The quantitative estimate of drug-likeness (QED) is 0.902. The predicted molar refractivity (Wildman–Crippen MR) is 74.5 cm³/mol. The van der Waals surface area contributed by atoms with E-state index in [1.165, 1.54) is 6.07 Å². The third-order valence-corrected chi connectivity index (χ3v) is 4.21. The number of rotatable bonds is 2. The van der Waals surface area contributed by atoms with E-state index in [-0.39, 0.29) is 5.82 Å². The number of fused-ring (bicyclic) bond motifs is 1. The van der Waals surface area contributed by atoms with Crippen LogP contribution in [0.3, 0.4) is 0 Å². The number of benzene rings is 1. The molecule has 2 aromatic rings. The zero-order valence-electron chi connectivity index (χ0n) is 11.3. The van der Waals surface area contributed by atoms with Crippen molar-refractivity contribution in [3.63, 3.8) is 0 Å². The Morgan fingerprint density at radius 3 is 2.74 bits per heavy atom. The maximum Gasteiger partial charge on any atom is 0.151 e. The molecular weight excluding hydrogens is 241 g/mol. The van der Waals surface area contributed by atoms with Gasteiger partial charge < -0.3 is 10.3 Å². The van der Waals surface area contributed by atoms with Crippen molar-refractivity contribution in [2.24, 2.45) is 5.73 Å². The number of nitrogens with two attached hydrogens (primary N) is 1. The highest BCUT2D eigenvalue weighted by molar-refractivity contribution is 5.76. The van der Waals surface area contributed by atoms with Gasteiger partial charge in [0.15, 0.2) is 5.82 Å². The second-order valence-electron chi connectivity index (χ2n) is 5.43. The Labute approximate surface area is 112 Å². The number of nitrogens with zero attached hydrogens (tertiary/aromatic N) is 2. The van der Waals surface area contributed by atoms with Crippen LogP contribution >= 0.6 is 0 Å². The van der Waals surface area contributed by atoms with Gasteiger partial charge in [0, 0.05) is 18.5 Å². The van der Waals surface area contributed by atoms with Crippen LogP contribution in [-0.2, 0) is 6.54 Å². The lowest BCUT2D eigenvalue weighted by molar-refractivity contribution is 0.378. The van der Waals surface area contributed by atoms with Crippen LogP contribution < -0.4 is 5.73 Å². The molecule has 1 aromatic heterocycles. The minimum Gasteiger partial charge on any atom is -0.328 e. The Bertz CT molecular complexity index is 582. The van der Waals surface area contributed by atoms with Crippen molar-refractivity contribution in [2.75, 3.05) is 0 Å². The average molecular weight is 261 g/mol. The highest BCUT2D eigenvalue weighted by Crippen LogP contribution is 2.34. The van der Waals surface area contributed by atoms with Crippen LogP contribution in [0.4, 0.5) is 4.39 Å². The van der Waals surface area contributed by atoms with Gasteiger partial charge in [-0.1, -0.05) is 6.07 Å². The molecule has 2 N–H and O–H groups in total. The van der Waals surface area contributed by atoms with Gasteiger partial charge in [0.05, 0.1) is 5.52 Å². The number of imidazole rings is 1. The molecule has 0 aliphatic heterocycles. The maximum absolute atomic E-state index is 13.8. The lowest BCUT2D eigenvalue weighted by Gasteiger charge is -2.26. The molecule has 0 unspecified atom stereocenters. The lowest BCUT2D eigenvalue weighted by Crippen LogP contribution is -2.26. The molecule has 1 heterocycles. The smallest absolute Gasteiger partial charge is 0.151 e. The Hall–Kier alpha value is -1.42. The van der Waals surface area contributed by atoms with E-state index in [4.69, 9.17) is 5.73 Å². The van der Waals surface area contributed by atoms with Crippen LogP contribution in [-0.4, -0.2) is 15.6 Å². The first-order valence-corrected chi connectivity index (χ1v) is 7.11. The van der Waals surface area contributed by atoms with Gasteiger partial charge in [-0.25, -0.2) is 9.37 Å². The van der Waals surface area contributed by atoms with Crippen molar-refractivity contribution in [3.8, 4) is 0 Å². The van der Waals surface area contributed by atoms with E-state index in [1.807, 2.05) is 6.07 Å². The number of halogens is 1. The van der Waals surface area contributed by atoms with Crippen LogP contribution in [0.2, 0.25) is 0 Å². The summed E-state index contributed by atoms with van der Waals surface area (Å²) in [6.45, 7) is 2.92. The van der Waals surface area contributed by atoms with Gasteiger partial charge in [0.2, 0.25) is 0 Å². The van der Waals surface area contributed by atoms with Crippen molar-refractivity contribution >= 4 is 11.0 Å². The molecule has 0 spiro atoms. The van der Waals surface area contributed by atoms with Crippen molar-refractivity contribution in [2.45, 2.75) is 51.1 Å². The van der Waals surface area contributed by atoms with E-state index < -0.39 is 0 Å². The first-order valence-electron chi connectivity index (χ1n) is 7.11. The average Bonchev–Trinajstić information content (AvgIpc) is 2.79. The number of hydrogen-bond donors (Lipinski definition) is 1. The molecule has 3 nitrogen and oxygen atoms in total. The summed E-state index contributed by atoms with van der Waals surface area (Å²) < 4.78 is 16.0. The minimum atomic E-state index is -0.224. The minimum absolute atomic E-state index is 0.224. The van der Waals surface area contributed by atoms with Gasteiger partial charge in [0.25, 0.3) is 0 Å². The van der Waals surface area contributed by atoms with Crippen molar-refractivity contribution in [3.05, 3.63) is 29.8 Å². The van der Waals surface area contributed by atoms with E-state index in [0.717, 1.165) is 43.6 Å². The number of hydrogen-bond acceptors (Lipinski definition) is 2. The van der Waals surface area contributed by atoms with E-state index >= 15 is 0 Å². The number of para-hydroxylation sites is 1. The van der Waals surface area contributed by atoms with Gasteiger partial charge in [-0.05, 0) is 44.7 Å². The molecule has 19 heavy (non-hydrogen) atoms. The Morgan fingerprint density at radius 2 is 2.05 bits per heavy atom. The molecule has 0 atom stereocenters. The monoisotopic (exact) mass is 261 g/mol. The molecule has 1 fully saturated rings. The van der Waals surface area contributed by atoms with E-state index in [9.17, 15) is 4.39 Å². The highest BCUT2D eigenvalue weighted by atomic mass is 19.1. The maximum atomic E-state index is 13.8. The normalized spacial score (nSPS) is 23.9. The van der Waals surface area contributed by atoms with Gasteiger partial charge in [-0.2, -0.15) is 0 Å². The third kappa shape index (κ3) is 2.14. The van der Waals surface area contributed by atoms with Gasteiger partial charge in [-0.3, -0.25) is 0 Å². The summed E-state index contributed by atoms with van der Waals surface area (Å²) in [6.07, 6.45) is 4.21. The third-order valence-electron chi connectivity index (χ3n) is 4.21. The Morgan fingerprint density at radius 1 is 1.32 bits per heavy atom. The van der Waals surface area contributed by atoms with Crippen LogP contribution in [0.1, 0.15) is 44.3 Å². The van der Waals surface area contributed by atoms with Crippen molar-refractivity contribution < 1.29 is 4.39 Å². The van der Waals surface area contributed by atoms with Gasteiger partial charge >= 0.3 is 0 Å². The van der Waals surface area contributed by atoms with Crippen LogP contribution in [0.5, 0.6) is 0 Å². The zero-order chi connectivity index (χ0) is 13.4. The molecular formula is C15H20FN3. The summed E-state index contributed by atoms with van der Waals surface area (Å²) in [5.74, 6) is 1.24. The van der Waals surface area contributed by atoms with E-state index in [0.29, 0.717) is 17.5 Å². The molecule has 0 amide bonds. The molecule has 102 valence electrons. The molecule has 1 aliphatic carbocycles. The largest absolute Gasteiger partial charge is 0.328 e. The molecule has 1 aromatic carbocycles. The summed E-state index contributed by atoms with van der Waals surface area (Å²) in [7, 11) is 0. The van der Waals surface area contributed by atoms with E-state index in [1.54, 1.807) is 6.07 Å². The van der Waals surface area contributed by atoms with Crippen molar-refractivity contribution in [1.82, 2.24) is 9.55 Å². The summed E-state index contributed by atoms with van der Waals surface area (Å²) in [5.41, 5.74) is 7.38. The zero-order valence-corrected chi connectivity index (χ0v) is 11.3. The first-order chi connectivity index (χ1) is 9.20. The fraction of sp³-hybridized carbons (Fsp3) is 0.533. The highest BCUT2D eigenvalue weighted by Gasteiger charge is 2.25. The molecule has 3 rings (SSSR count). The molecule has 0 saturated heterocycles. The Balaban J connectivity index is 2.05. The lowest BCUT2D eigenvalue weighted by atomic mass is 9.86. The van der Waals surface area contributed by atoms with Crippen LogP contribution in [0, 0.1) is 5.82 Å². The number of aryl methyl sites for hydroxylation is 1. The molecule has 1 saturated carbocycles. The Kier molecular flexibility index (Phi) is 3.27. The van der Waals surface area contributed by atoms with Gasteiger partial charge in [0.1, 0.15) is 11.3 Å². The standard InChI is InChI=1S/C15H20FN3/c1-2-19-13-5-3-4-12(16)14(13)18-15(19)10-6-8-11(17)9-7-10/h3-5,10-11H,2,6-9,17H2,1H3. The SMILES string of the molecule is CCn1c(C2CCC(N)CC2)nc2c(F)cccc21. The molecule has 0 radical (unpaired) electrons. The van der Waals surface area contributed by atoms with E-state index in [2.05, 4.69) is 16.5 Å². The van der Waals surface area contributed by atoms with Crippen LogP contribution in [0.25, 0.3) is 11.0 Å². The summed E-state index contributed by atoms with van der Waals surface area (Å²) in [6, 6.07) is 5.52. The molecule has 1 aliphatic rings. The first kappa shape index (κ1) is 12.6. The topological polar surface area (TPSA) is 43.8 Å². The predicted octanol–water partition coefficient (Wildman–Crippen LogP) is 3.18. The molecule has 0 bridgehead atoms. The molecule has 4 heteroatoms. The fourth-order valence-corrected chi connectivity index (χ4v) is 3.15. The summed E-state index contributed by atoms with van der Waals surface area (Å²) in [5, 5.41) is 0. The fourth-order valence-electron chi connectivity index (χ4n) is 3.15.